The SMILES string of the molecule is O=C(COc1ccc(Cl)c(F)c1)NC1CC2(Nc3nnc(-c4ccccc4)o3)CCC12. The third-order valence-electron chi connectivity index (χ3n) is 6.09. The second-order valence-electron chi connectivity index (χ2n) is 7.95. The van der Waals surface area contributed by atoms with Crippen molar-refractivity contribution in [2.75, 3.05) is 11.9 Å². The van der Waals surface area contributed by atoms with Crippen molar-refractivity contribution in [1.29, 1.82) is 0 Å². The summed E-state index contributed by atoms with van der Waals surface area (Å²) in [6, 6.07) is 14.1. The molecule has 160 valence electrons. The minimum Gasteiger partial charge on any atom is -0.484 e. The Kier molecular flexibility index (Phi) is 5.02. The quantitative estimate of drug-likeness (QED) is 0.573. The van der Waals surface area contributed by atoms with Gasteiger partial charge in [-0.1, -0.05) is 34.9 Å². The number of nitrogens with one attached hydrogen (secondary N) is 2. The number of nitrogens with zero attached hydrogens (tertiary/aromatic N) is 2. The Morgan fingerprint density at radius 2 is 2.10 bits per heavy atom. The summed E-state index contributed by atoms with van der Waals surface area (Å²) >= 11 is 5.65. The fourth-order valence-electron chi connectivity index (χ4n) is 4.38. The normalized spacial score (nSPS) is 23.8. The van der Waals surface area contributed by atoms with Gasteiger partial charge in [0.15, 0.2) is 6.61 Å². The average Bonchev–Trinajstić information content (AvgIpc) is 3.23. The van der Waals surface area contributed by atoms with Crippen LogP contribution in [-0.2, 0) is 4.79 Å². The summed E-state index contributed by atoms with van der Waals surface area (Å²) in [5, 5.41) is 14.6. The van der Waals surface area contributed by atoms with E-state index in [2.05, 4.69) is 20.8 Å². The molecule has 2 aliphatic rings. The van der Waals surface area contributed by atoms with E-state index in [1.165, 1.54) is 12.1 Å². The first-order valence-corrected chi connectivity index (χ1v) is 10.4. The zero-order chi connectivity index (χ0) is 21.4. The van der Waals surface area contributed by atoms with E-state index in [0.29, 0.717) is 11.9 Å². The highest BCUT2D eigenvalue weighted by Gasteiger charge is 2.61. The number of amides is 1. The van der Waals surface area contributed by atoms with E-state index in [-0.39, 0.29) is 40.8 Å². The number of carbonyl (C=O) groups is 1. The summed E-state index contributed by atoms with van der Waals surface area (Å²) in [7, 11) is 0. The molecule has 31 heavy (non-hydrogen) atoms. The Bertz CT molecular complexity index is 1110. The zero-order valence-corrected chi connectivity index (χ0v) is 17.2. The van der Waals surface area contributed by atoms with Crippen LogP contribution in [0.15, 0.2) is 52.9 Å². The van der Waals surface area contributed by atoms with E-state index < -0.39 is 5.82 Å². The summed E-state index contributed by atoms with van der Waals surface area (Å²) in [5.74, 6) is 0.188. The van der Waals surface area contributed by atoms with E-state index in [1.54, 1.807) is 0 Å². The lowest BCUT2D eigenvalue weighted by atomic mass is 9.50. The number of aromatic nitrogens is 2. The minimum absolute atomic E-state index is 0.0113. The molecule has 2 saturated carbocycles. The highest BCUT2D eigenvalue weighted by atomic mass is 35.5. The largest absolute Gasteiger partial charge is 0.484 e. The molecule has 0 aliphatic heterocycles. The molecule has 2 aromatic carbocycles. The van der Waals surface area contributed by atoms with Gasteiger partial charge >= 0.3 is 6.01 Å². The number of ether oxygens (including phenoxy) is 1. The third-order valence-corrected chi connectivity index (χ3v) is 6.40. The molecule has 5 rings (SSSR count). The molecule has 2 aliphatic carbocycles. The zero-order valence-electron chi connectivity index (χ0n) is 16.5. The smallest absolute Gasteiger partial charge is 0.316 e. The van der Waals surface area contributed by atoms with Crippen LogP contribution in [0.1, 0.15) is 19.3 Å². The predicted octanol–water partition coefficient (Wildman–Crippen LogP) is 4.06. The van der Waals surface area contributed by atoms with Crippen LogP contribution >= 0.6 is 11.6 Å². The lowest BCUT2D eigenvalue weighted by Gasteiger charge is -2.62. The molecular formula is C22H20ClFN4O3. The standard InChI is InChI=1S/C22H20ClFN4O3/c23-16-7-6-14(10-17(16)24)30-12-19(29)25-18-11-22(9-8-15(18)22)26-21-28-27-20(31-21)13-4-2-1-3-5-13/h1-7,10,15,18H,8-9,11-12H2,(H,25,29)(H,26,28). The molecule has 0 saturated heterocycles. The van der Waals surface area contributed by atoms with Gasteiger partial charge in [-0.3, -0.25) is 4.79 Å². The van der Waals surface area contributed by atoms with Crippen LogP contribution in [0.4, 0.5) is 10.4 Å². The first kappa shape index (κ1) is 19.8. The number of hydrogen-bond acceptors (Lipinski definition) is 6. The van der Waals surface area contributed by atoms with Gasteiger partial charge in [-0.05, 0) is 43.5 Å². The molecular weight excluding hydrogens is 423 g/mol. The van der Waals surface area contributed by atoms with Gasteiger partial charge in [0, 0.05) is 29.1 Å². The van der Waals surface area contributed by atoms with Crippen LogP contribution in [0.5, 0.6) is 5.75 Å². The predicted molar refractivity (Wildman–Crippen MR) is 112 cm³/mol. The van der Waals surface area contributed by atoms with Crippen LogP contribution in [0, 0.1) is 11.7 Å². The lowest BCUT2D eigenvalue weighted by molar-refractivity contribution is -0.127. The van der Waals surface area contributed by atoms with Gasteiger partial charge in [0.2, 0.25) is 5.89 Å². The van der Waals surface area contributed by atoms with Gasteiger partial charge < -0.3 is 19.8 Å². The van der Waals surface area contributed by atoms with Crippen LogP contribution in [-0.4, -0.2) is 34.3 Å². The topological polar surface area (TPSA) is 89.3 Å². The van der Waals surface area contributed by atoms with Crippen LogP contribution in [0.25, 0.3) is 11.5 Å². The first-order valence-electron chi connectivity index (χ1n) is 10.1. The Balaban J connectivity index is 1.13. The number of benzene rings is 2. The first-order chi connectivity index (χ1) is 15.0. The van der Waals surface area contributed by atoms with Gasteiger partial charge in [0.25, 0.3) is 5.91 Å². The van der Waals surface area contributed by atoms with Crippen molar-refractivity contribution < 1.29 is 18.3 Å². The van der Waals surface area contributed by atoms with Crippen molar-refractivity contribution >= 4 is 23.5 Å². The third kappa shape index (κ3) is 3.83. The molecule has 0 radical (unpaired) electrons. The summed E-state index contributed by atoms with van der Waals surface area (Å²) in [4.78, 5) is 12.3. The molecule has 3 aromatic rings. The van der Waals surface area contributed by atoms with Crippen molar-refractivity contribution in [3.8, 4) is 17.2 Å². The van der Waals surface area contributed by atoms with Gasteiger partial charge in [-0.25, -0.2) is 4.39 Å². The number of anilines is 1. The van der Waals surface area contributed by atoms with Gasteiger partial charge in [0.05, 0.1) is 5.02 Å². The van der Waals surface area contributed by atoms with Crippen LogP contribution < -0.4 is 15.4 Å². The molecule has 1 aromatic heterocycles. The molecule has 3 unspecified atom stereocenters. The van der Waals surface area contributed by atoms with Crippen LogP contribution in [0.3, 0.4) is 0 Å². The molecule has 7 nitrogen and oxygen atoms in total. The van der Waals surface area contributed by atoms with Gasteiger partial charge in [-0.2, -0.15) is 0 Å². The Hall–Kier alpha value is -3.13. The maximum Gasteiger partial charge on any atom is 0.316 e. The molecule has 3 atom stereocenters. The highest BCUT2D eigenvalue weighted by Crippen LogP contribution is 2.55. The van der Waals surface area contributed by atoms with Crippen molar-refractivity contribution in [3.63, 3.8) is 0 Å². The number of halogens is 2. The van der Waals surface area contributed by atoms with Crippen molar-refractivity contribution in [2.24, 2.45) is 5.92 Å². The summed E-state index contributed by atoms with van der Waals surface area (Å²) < 4.78 is 24.6. The number of fused-ring (bicyclic) bond motifs is 1. The summed E-state index contributed by atoms with van der Waals surface area (Å²) in [6.45, 7) is -0.186. The lowest BCUT2D eigenvalue weighted by Crippen LogP contribution is -2.72. The number of rotatable bonds is 7. The van der Waals surface area contributed by atoms with E-state index in [4.69, 9.17) is 20.8 Å². The number of hydrogen-bond donors (Lipinski definition) is 2. The van der Waals surface area contributed by atoms with Crippen molar-refractivity contribution in [2.45, 2.75) is 30.8 Å². The fourth-order valence-corrected chi connectivity index (χ4v) is 4.50. The van der Waals surface area contributed by atoms with Crippen molar-refractivity contribution in [1.82, 2.24) is 15.5 Å². The van der Waals surface area contributed by atoms with Gasteiger partial charge in [-0.15, -0.1) is 5.10 Å². The highest BCUT2D eigenvalue weighted by molar-refractivity contribution is 6.30. The molecule has 9 heteroatoms. The van der Waals surface area contributed by atoms with Gasteiger partial charge in [0.1, 0.15) is 11.6 Å². The average molecular weight is 443 g/mol. The summed E-state index contributed by atoms with van der Waals surface area (Å²) in [6.07, 6.45) is 2.75. The molecule has 0 spiro atoms. The maximum atomic E-state index is 13.5. The Morgan fingerprint density at radius 3 is 2.81 bits per heavy atom. The van der Waals surface area contributed by atoms with Crippen molar-refractivity contribution in [3.05, 3.63) is 59.4 Å². The Labute approximate surface area is 182 Å². The number of carbonyl (C=O) groups excluding carboxylic acids is 1. The van der Waals surface area contributed by atoms with E-state index >= 15 is 0 Å². The molecule has 1 heterocycles. The second-order valence-corrected chi connectivity index (χ2v) is 8.35. The second kappa shape index (κ2) is 7.85. The van der Waals surface area contributed by atoms with E-state index in [9.17, 15) is 9.18 Å². The maximum absolute atomic E-state index is 13.5. The molecule has 1 amide bonds. The fraction of sp³-hybridized carbons (Fsp3) is 0.318. The van der Waals surface area contributed by atoms with E-state index in [1.807, 2.05) is 30.3 Å². The molecule has 2 fully saturated rings. The monoisotopic (exact) mass is 442 g/mol. The Morgan fingerprint density at radius 1 is 1.26 bits per heavy atom. The minimum atomic E-state index is -0.583. The van der Waals surface area contributed by atoms with Crippen LogP contribution in [0.2, 0.25) is 5.02 Å². The van der Waals surface area contributed by atoms with E-state index in [0.717, 1.165) is 30.9 Å². The summed E-state index contributed by atoms with van der Waals surface area (Å²) in [5.41, 5.74) is 0.739. The molecule has 2 N–H and O–H groups in total. The molecule has 0 bridgehead atoms.